The van der Waals surface area contributed by atoms with Crippen molar-refractivity contribution in [2.75, 3.05) is 6.61 Å². The minimum atomic E-state index is -3.59. The molecule has 1 unspecified atom stereocenters. The molecule has 3 rings (SSSR count). The maximum absolute atomic E-state index is 12.5. The van der Waals surface area contributed by atoms with Crippen LogP contribution in [-0.2, 0) is 14.6 Å². The summed E-state index contributed by atoms with van der Waals surface area (Å²) in [5, 5.41) is 12.0. The first kappa shape index (κ1) is 18.9. The Morgan fingerprint density at radius 3 is 2.30 bits per heavy atom. The van der Waals surface area contributed by atoms with Crippen LogP contribution in [0.25, 0.3) is 0 Å². The van der Waals surface area contributed by atoms with Crippen LogP contribution in [0.4, 0.5) is 0 Å². The van der Waals surface area contributed by atoms with Crippen molar-refractivity contribution in [1.29, 1.82) is 5.26 Å². The van der Waals surface area contributed by atoms with Gasteiger partial charge in [-0.15, -0.1) is 0 Å². The standard InChI is InChI=1S/C20H20N2O4S/c1-20(14-21,15-7-8-15)22-19(23)13-26-16-9-11-18(12-10-16)27(24,25)17-5-3-2-4-6-17/h2-6,9-12,15H,7-8,13H2,1H3,(H,22,23). The number of nitrogens with one attached hydrogen (secondary N) is 1. The summed E-state index contributed by atoms with van der Waals surface area (Å²) in [5.41, 5.74) is -0.867. The van der Waals surface area contributed by atoms with Crippen LogP contribution in [0.1, 0.15) is 19.8 Å². The molecule has 1 aliphatic rings. The van der Waals surface area contributed by atoms with Gasteiger partial charge in [0.2, 0.25) is 9.84 Å². The predicted molar refractivity (Wildman–Crippen MR) is 98.7 cm³/mol. The van der Waals surface area contributed by atoms with E-state index in [4.69, 9.17) is 4.74 Å². The Bertz CT molecular complexity index is 961. The Morgan fingerprint density at radius 2 is 1.74 bits per heavy atom. The lowest BCUT2D eigenvalue weighted by atomic mass is 9.98. The third-order valence-electron chi connectivity index (χ3n) is 4.58. The predicted octanol–water partition coefficient (Wildman–Crippen LogP) is 2.71. The lowest BCUT2D eigenvalue weighted by Gasteiger charge is -2.22. The fourth-order valence-electron chi connectivity index (χ4n) is 2.81. The zero-order chi connectivity index (χ0) is 19.5. The number of ether oxygens (including phenoxy) is 1. The number of hydrogen-bond donors (Lipinski definition) is 1. The average molecular weight is 384 g/mol. The van der Waals surface area contributed by atoms with Crippen LogP contribution in [0.5, 0.6) is 5.75 Å². The highest BCUT2D eigenvalue weighted by Crippen LogP contribution is 2.39. The highest BCUT2D eigenvalue weighted by Gasteiger charge is 2.43. The molecule has 1 atom stereocenters. The minimum absolute atomic E-state index is 0.149. The highest BCUT2D eigenvalue weighted by molar-refractivity contribution is 7.91. The third-order valence-corrected chi connectivity index (χ3v) is 6.37. The van der Waals surface area contributed by atoms with Gasteiger partial charge in [0, 0.05) is 0 Å². The monoisotopic (exact) mass is 384 g/mol. The lowest BCUT2D eigenvalue weighted by molar-refractivity contribution is -0.124. The normalized spacial score (nSPS) is 16.0. The van der Waals surface area contributed by atoms with E-state index in [1.54, 1.807) is 25.1 Å². The number of benzene rings is 2. The van der Waals surface area contributed by atoms with Crippen LogP contribution in [0, 0.1) is 17.2 Å². The fourth-order valence-corrected chi connectivity index (χ4v) is 4.09. The maximum atomic E-state index is 12.5. The van der Waals surface area contributed by atoms with Crippen molar-refractivity contribution in [2.45, 2.75) is 35.1 Å². The molecule has 1 fully saturated rings. The molecule has 1 amide bonds. The van der Waals surface area contributed by atoms with E-state index in [2.05, 4.69) is 11.4 Å². The number of nitrogens with zero attached hydrogens (tertiary/aromatic N) is 1. The molecule has 1 N–H and O–H groups in total. The molecule has 140 valence electrons. The maximum Gasteiger partial charge on any atom is 0.259 e. The fraction of sp³-hybridized carbons (Fsp3) is 0.300. The van der Waals surface area contributed by atoms with E-state index >= 15 is 0 Å². The van der Waals surface area contributed by atoms with Crippen LogP contribution in [0.15, 0.2) is 64.4 Å². The molecule has 0 heterocycles. The van der Waals surface area contributed by atoms with E-state index in [0.29, 0.717) is 5.75 Å². The molecule has 1 saturated carbocycles. The van der Waals surface area contributed by atoms with Gasteiger partial charge in [0.1, 0.15) is 11.3 Å². The molecule has 2 aromatic carbocycles. The summed E-state index contributed by atoms with van der Waals surface area (Å²) < 4.78 is 30.5. The van der Waals surface area contributed by atoms with E-state index < -0.39 is 15.4 Å². The number of nitriles is 1. The second kappa shape index (κ2) is 7.41. The van der Waals surface area contributed by atoms with Crippen molar-refractivity contribution < 1.29 is 17.9 Å². The summed E-state index contributed by atoms with van der Waals surface area (Å²) >= 11 is 0. The van der Waals surface area contributed by atoms with Crippen LogP contribution < -0.4 is 10.1 Å². The third kappa shape index (κ3) is 4.29. The molecule has 0 aliphatic heterocycles. The van der Waals surface area contributed by atoms with Gasteiger partial charge in [-0.1, -0.05) is 18.2 Å². The molecule has 0 saturated heterocycles. The van der Waals surface area contributed by atoms with Gasteiger partial charge in [0.05, 0.1) is 15.9 Å². The van der Waals surface area contributed by atoms with Crippen molar-refractivity contribution >= 4 is 15.7 Å². The summed E-state index contributed by atoms with van der Waals surface area (Å²) in [5.74, 6) is 0.183. The van der Waals surface area contributed by atoms with Crippen LogP contribution >= 0.6 is 0 Å². The van der Waals surface area contributed by atoms with Gasteiger partial charge in [-0.05, 0) is 62.1 Å². The number of carbonyl (C=O) groups excluding carboxylic acids is 1. The topological polar surface area (TPSA) is 96.3 Å². The number of carbonyl (C=O) groups is 1. The molecule has 2 aromatic rings. The molecule has 27 heavy (non-hydrogen) atoms. The molecule has 1 aliphatic carbocycles. The Balaban J connectivity index is 1.61. The Morgan fingerprint density at radius 1 is 1.15 bits per heavy atom. The van der Waals surface area contributed by atoms with Crippen LogP contribution in [-0.4, -0.2) is 26.5 Å². The summed E-state index contributed by atoms with van der Waals surface area (Å²) in [6, 6.07) is 16.2. The Labute approximate surface area is 158 Å². The SMILES string of the molecule is CC(C#N)(NC(=O)COc1ccc(S(=O)(=O)c2ccccc2)cc1)C1CC1. The van der Waals surface area contributed by atoms with E-state index in [0.717, 1.165) is 12.8 Å². The average Bonchev–Trinajstić information content (AvgIpc) is 3.53. The molecule has 0 spiro atoms. The zero-order valence-electron chi connectivity index (χ0n) is 14.9. The molecule has 6 nitrogen and oxygen atoms in total. The molecule has 0 radical (unpaired) electrons. The number of rotatable bonds is 7. The van der Waals surface area contributed by atoms with Gasteiger partial charge >= 0.3 is 0 Å². The van der Waals surface area contributed by atoms with Crippen molar-refractivity contribution in [2.24, 2.45) is 5.92 Å². The molecule has 0 bridgehead atoms. The Hall–Kier alpha value is -2.85. The van der Waals surface area contributed by atoms with Crippen molar-refractivity contribution in [1.82, 2.24) is 5.32 Å². The van der Waals surface area contributed by atoms with Gasteiger partial charge in [0.25, 0.3) is 5.91 Å². The second-order valence-corrected chi connectivity index (χ2v) is 8.66. The van der Waals surface area contributed by atoms with Gasteiger partial charge in [-0.3, -0.25) is 4.79 Å². The highest BCUT2D eigenvalue weighted by atomic mass is 32.2. The first-order chi connectivity index (χ1) is 12.8. The van der Waals surface area contributed by atoms with E-state index in [1.807, 2.05) is 0 Å². The first-order valence-electron chi connectivity index (χ1n) is 8.60. The second-order valence-electron chi connectivity index (χ2n) is 6.71. The van der Waals surface area contributed by atoms with Crippen molar-refractivity contribution in [3.05, 3.63) is 54.6 Å². The molecular weight excluding hydrogens is 364 g/mol. The number of sulfone groups is 1. The summed E-state index contributed by atoms with van der Waals surface area (Å²) in [7, 11) is -3.59. The van der Waals surface area contributed by atoms with Gasteiger partial charge in [0.15, 0.2) is 6.61 Å². The lowest BCUT2D eigenvalue weighted by Crippen LogP contribution is -2.48. The molecular formula is C20H20N2O4S. The van der Waals surface area contributed by atoms with E-state index in [-0.39, 0.29) is 28.2 Å². The zero-order valence-corrected chi connectivity index (χ0v) is 15.7. The van der Waals surface area contributed by atoms with Gasteiger partial charge < -0.3 is 10.1 Å². The first-order valence-corrected chi connectivity index (χ1v) is 10.1. The smallest absolute Gasteiger partial charge is 0.259 e. The minimum Gasteiger partial charge on any atom is -0.484 e. The molecule has 0 aromatic heterocycles. The van der Waals surface area contributed by atoms with Gasteiger partial charge in [-0.25, -0.2) is 8.42 Å². The quantitative estimate of drug-likeness (QED) is 0.792. The Kier molecular flexibility index (Phi) is 5.19. The molecule has 7 heteroatoms. The number of amides is 1. The van der Waals surface area contributed by atoms with E-state index in [9.17, 15) is 18.5 Å². The summed E-state index contributed by atoms with van der Waals surface area (Å²) in [4.78, 5) is 12.4. The largest absolute Gasteiger partial charge is 0.484 e. The van der Waals surface area contributed by atoms with Crippen LogP contribution in [0.2, 0.25) is 0 Å². The van der Waals surface area contributed by atoms with Crippen molar-refractivity contribution in [3.63, 3.8) is 0 Å². The van der Waals surface area contributed by atoms with Gasteiger partial charge in [-0.2, -0.15) is 5.26 Å². The van der Waals surface area contributed by atoms with Crippen molar-refractivity contribution in [3.8, 4) is 11.8 Å². The van der Waals surface area contributed by atoms with E-state index in [1.165, 1.54) is 36.4 Å². The summed E-state index contributed by atoms with van der Waals surface area (Å²) in [6.07, 6.45) is 1.87. The van der Waals surface area contributed by atoms with Crippen LogP contribution in [0.3, 0.4) is 0 Å². The number of hydrogen-bond acceptors (Lipinski definition) is 5. The summed E-state index contributed by atoms with van der Waals surface area (Å²) in [6.45, 7) is 1.47.